The SMILES string of the molecule is CCC(C)(C)C(=O)OCCOC(=O)c1ccccc1C(=O)O.CCCCC(CC)COC(=O)CCCCCOC(=O)NCCOC(=O)C(C)(C)CC. The van der Waals surface area contributed by atoms with Gasteiger partial charge in [-0.05, 0) is 84.3 Å². The summed E-state index contributed by atoms with van der Waals surface area (Å²) in [5.41, 5.74) is -1.26. The lowest BCUT2D eigenvalue weighted by Gasteiger charge is -2.20. The molecule has 0 fully saturated rings. The molecule has 0 heterocycles. The summed E-state index contributed by atoms with van der Waals surface area (Å²) < 4.78 is 25.5. The number of rotatable bonds is 24. The first kappa shape index (κ1) is 47.8. The summed E-state index contributed by atoms with van der Waals surface area (Å²) in [6.07, 6.45) is 7.88. The van der Waals surface area contributed by atoms with E-state index < -0.39 is 28.9 Å². The number of nitrogens with one attached hydrogen (secondary N) is 1. The van der Waals surface area contributed by atoms with Crippen LogP contribution in [0.3, 0.4) is 0 Å². The van der Waals surface area contributed by atoms with E-state index in [1.165, 1.54) is 24.6 Å². The van der Waals surface area contributed by atoms with E-state index >= 15 is 0 Å². The number of ether oxygens (including phenoxy) is 5. The summed E-state index contributed by atoms with van der Waals surface area (Å²) in [7, 11) is 0. The average Bonchev–Trinajstić information content (AvgIpc) is 3.13. The topological polar surface area (TPSA) is 181 Å². The molecule has 13 nitrogen and oxygen atoms in total. The molecular weight excluding hydrogens is 674 g/mol. The highest BCUT2D eigenvalue weighted by Crippen LogP contribution is 2.22. The molecule has 0 aliphatic rings. The second kappa shape index (κ2) is 26.6. The minimum atomic E-state index is -1.20. The molecule has 296 valence electrons. The Hall–Kier alpha value is -4.16. The maximum atomic E-state index is 11.8. The predicted molar refractivity (Wildman–Crippen MR) is 196 cm³/mol. The second-order valence-corrected chi connectivity index (χ2v) is 13.7. The molecule has 0 saturated carbocycles. The number of aromatic carboxylic acids is 1. The fourth-order valence-corrected chi connectivity index (χ4v) is 4.12. The lowest BCUT2D eigenvalue weighted by Crippen LogP contribution is -2.32. The van der Waals surface area contributed by atoms with Gasteiger partial charge >= 0.3 is 35.9 Å². The van der Waals surface area contributed by atoms with Crippen molar-refractivity contribution in [3.8, 4) is 0 Å². The number of carboxylic acid groups (broad SMARTS) is 1. The molecule has 1 aromatic rings. The van der Waals surface area contributed by atoms with E-state index in [1.807, 2.05) is 27.7 Å². The number of carboxylic acids is 1. The first-order chi connectivity index (χ1) is 24.6. The Morgan fingerprint density at radius 1 is 0.692 bits per heavy atom. The van der Waals surface area contributed by atoms with Crippen molar-refractivity contribution in [3.05, 3.63) is 35.4 Å². The molecule has 0 radical (unpaired) electrons. The molecule has 1 atom stereocenters. The van der Waals surface area contributed by atoms with Crippen LogP contribution in [0.2, 0.25) is 0 Å². The van der Waals surface area contributed by atoms with Crippen LogP contribution in [0.15, 0.2) is 24.3 Å². The standard InChI is InChI=1S/C23H43NO6.C16H20O6/c1-6-9-13-19(7-2)18-30-20(25)14-11-10-12-16-29-22(27)24-15-17-28-21(26)23(4,5)8-3;1-4-16(2,3)15(20)22-10-9-21-14(19)12-8-6-5-7-11(12)13(17)18/h19H,6-18H2,1-5H3,(H,24,27);5-8H,4,9-10H2,1-3H3,(H,17,18). The Morgan fingerprint density at radius 2 is 1.27 bits per heavy atom. The number of amides is 1. The van der Waals surface area contributed by atoms with Crippen molar-refractivity contribution in [2.24, 2.45) is 16.7 Å². The van der Waals surface area contributed by atoms with Crippen LogP contribution in [-0.2, 0) is 38.1 Å². The first-order valence-electron chi connectivity index (χ1n) is 18.5. The summed E-state index contributed by atoms with van der Waals surface area (Å²) in [5, 5.41) is 11.5. The second-order valence-electron chi connectivity index (χ2n) is 13.7. The van der Waals surface area contributed by atoms with Gasteiger partial charge < -0.3 is 34.1 Å². The molecule has 1 aromatic carbocycles. The normalized spacial score (nSPS) is 11.6. The number of carbonyl (C=O) groups is 6. The molecule has 1 amide bonds. The summed E-state index contributed by atoms with van der Waals surface area (Å²) in [6.45, 7) is 16.2. The van der Waals surface area contributed by atoms with Crippen LogP contribution >= 0.6 is 0 Å². The molecule has 1 rings (SSSR count). The number of carbonyl (C=O) groups excluding carboxylic acids is 5. The molecule has 52 heavy (non-hydrogen) atoms. The Kier molecular flexibility index (Phi) is 24.5. The lowest BCUT2D eigenvalue weighted by molar-refractivity contribution is -0.155. The zero-order chi connectivity index (χ0) is 39.6. The number of benzene rings is 1. The largest absolute Gasteiger partial charge is 0.478 e. The molecule has 0 aliphatic carbocycles. The Labute approximate surface area is 309 Å². The number of hydrogen-bond acceptors (Lipinski definition) is 11. The van der Waals surface area contributed by atoms with Crippen LogP contribution in [0.5, 0.6) is 0 Å². The van der Waals surface area contributed by atoms with Gasteiger partial charge in [-0.3, -0.25) is 14.4 Å². The van der Waals surface area contributed by atoms with Gasteiger partial charge in [-0.1, -0.05) is 59.1 Å². The van der Waals surface area contributed by atoms with E-state index in [2.05, 4.69) is 19.2 Å². The Morgan fingerprint density at radius 3 is 1.83 bits per heavy atom. The van der Waals surface area contributed by atoms with Gasteiger partial charge in [-0.25, -0.2) is 14.4 Å². The van der Waals surface area contributed by atoms with Crippen LogP contribution in [0.25, 0.3) is 0 Å². The number of unbranched alkanes of at least 4 members (excludes halogenated alkanes) is 3. The van der Waals surface area contributed by atoms with Gasteiger partial charge in [0, 0.05) is 6.42 Å². The van der Waals surface area contributed by atoms with Crippen molar-refractivity contribution < 1.29 is 57.6 Å². The van der Waals surface area contributed by atoms with Crippen molar-refractivity contribution in [1.29, 1.82) is 0 Å². The smallest absolute Gasteiger partial charge is 0.407 e. The molecule has 0 saturated heterocycles. The number of hydrogen-bond donors (Lipinski definition) is 2. The molecule has 1 unspecified atom stereocenters. The van der Waals surface area contributed by atoms with Crippen LogP contribution < -0.4 is 5.32 Å². The van der Waals surface area contributed by atoms with E-state index in [-0.39, 0.29) is 55.4 Å². The van der Waals surface area contributed by atoms with Crippen molar-refractivity contribution >= 4 is 35.9 Å². The lowest BCUT2D eigenvalue weighted by atomic mass is 9.91. The highest BCUT2D eigenvalue weighted by atomic mass is 16.6. The molecular formula is C39H63NO12. The van der Waals surface area contributed by atoms with Crippen molar-refractivity contribution in [2.45, 2.75) is 120 Å². The molecule has 0 spiro atoms. The quantitative estimate of drug-likeness (QED) is 0.0606. The fraction of sp³-hybridized carbons (Fsp3) is 0.692. The minimum absolute atomic E-state index is 0.0322. The molecule has 0 aromatic heterocycles. The van der Waals surface area contributed by atoms with Gasteiger partial charge in [0.2, 0.25) is 0 Å². The monoisotopic (exact) mass is 737 g/mol. The molecule has 0 bridgehead atoms. The molecule has 2 N–H and O–H groups in total. The van der Waals surface area contributed by atoms with Gasteiger partial charge in [-0.2, -0.15) is 0 Å². The minimum Gasteiger partial charge on any atom is -0.478 e. The van der Waals surface area contributed by atoms with E-state index in [1.54, 1.807) is 19.9 Å². The van der Waals surface area contributed by atoms with Crippen LogP contribution in [0.1, 0.15) is 140 Å². The summed E-state index contributed by atoms with van der Waals surface area (Å²) in [4.78, 5) is 69.7. The third-order valence-electron chi connectivity index (χ3n) is 8.69. The van der Waals surface area contributed by atoms with Crippen LogP contribution in [-0.4, -0.2) is 80.6 Å². The first-order valence-corrected chi connectivity index (χ1v) is 18.5. The summed E-state index contributed by atoms with van der Waals surface area (Å²) in [6, 6.07) is 5.77. The zero-order valence-electron chi connectivity index (χ0n) is 32.6. The van der Waals surface area contributed by atoms with Crippen molar-refractivity contribution in [3.63, 3.8) is 0 Å². The highest BCUT2D eigenvalue weighted by Gasteiger charge is 2.28. The van der Waals surface area contributed by atoms with Gasteiger partial charge in [-0.15, -0.1) is 0 Å². The van der Waals surface area contributed by atoms with E-state index in [0.29, 0.717) is 44.8 Å². The van der Waals surface area contributed by atoms with Crippen LogP contribution in [0.4, 0.5) is 4.79 Å². The van der Waals surface area contributed by atoms with Crippen molar-refractivity contribution in [1.82, 2.24) is 5.32 Å². The molecule has 0 aliphatic heterocycles. The predicted octanol–water partition coefficient (Wildman–Crippen LogP) is 7.53. The summed E-state index contributed by atoms with van der Waals surface area (Å²) >= 11 is 0. The Bertz CT molecular complexity index is 1240. The van der Waals surface area contributed by atoms with E-state index in [9.17, 15) is 28.8 Å². The van der Waals surface area contributed by atoms with Crippen molar-refractivity contribution in [2.75, 3.05) is 39.6 Å². The number of alkyl carbamates (subject to hydrolysis) is 1. The van der Waals surface area contributed by atoms with Gasteiger partial charge in [0.25, 0.3) is 0 Å². The third-order valence-corrected chi connectivity index (χ3v) is 8.69. The maximum absolute atomic E-state index is 11.8. The summed E-state index contributed by atoms with van der Waals surface area (Å²) in [5.74, 6) is -2.29. The van der Waals surface area contributed by atoms with Gasteiger partial charge in [0.05, 0.1) is 41.7 Å². The molecule has 13 heteroatoms. The van der Waals surface area contributed by atoms with Gasteiger partial charge in [0.1, 0.15) is 19.8 Å². The van der Waals surface area contributed by atoms with Gasteiger partial charge in [0.15, 0.2) is 0 Å². The fourth-order valence-electron chi connectivity index (χ4n) is 4.12. The third kappa shape index (κ3) is 20.6. The van der Waals surface area contributed by atoms with E-state index in [4.69, 9.17) is 28.8 Å². The highest BCUT2D eigenvalue weighted by molar-refractivity contribution is 6.02. The zero-order valence-corrected chi connectivity index (χ0v) is 32.6. The number of esters is 4. The van der Waals surface area contributed by atoms with Crippen LogP contribution in [0, 0.1) is 16.7 Å². The Balaban J connectivity index is 0.00000105. The van der Waals surface area contributed by atoms with E-state index in [0.717, 1.165) is 32.1 Å². The average molecular weight is 738 g/mol. The maximum Gasteiger partial charge on any atom is 0.407 e.